The van der Waals surface area contributed by atoms with Gasteiger partial charge in [0.2, 0.25) is 0 Å². The van der Waals surface area contributed by atoms with Gasteiger partial charge in [0, 0.05) is 22.9 Å². The lowest BCUT2D eigenvalue weighted by atomic mass is 10.1. The molecule has 29 heavy (non-hydrogen) atoms. The average Bonchev–Trinajstić information content (AvgIpc) is 3.18. The SMILES string of the molecule is COc1cc(OC)cc(C(=O)Nc2ccc(C)c(-c3nc4ccccc4[nH]3)c2)c1. The molecule has 2 N–H and O–H groups in total. The maximum atomic E-state index is 12.8. The highest BCUT2D eigenvalue weighted by Gasteiger charge is 2.13. The van der Waals surface area contributed by atoms with Crippen LogP contribution in [0.2, 0.25) is 0 Å². The molecule has 1 amide bonds. The second kappa shape index (κ2) is 7.67. The summed E-state index contributed by atoms with van der Waals surface area (Å²) in [6.45, 7) is 2.01. The van der Waals surface area contributed by atoms with Crippen LogP contribution in [-0.4, -0.2) is 30.1 Å². The number of carbonyl (C=O) groups excluding carboxylic acids is 1. The number of aromatic nitrogens is 2. The third-order valence-corrected chi connectivity index (χ3v) is 4.75. The number of H-pyrrole nitrogens is 1. The number of amides is 1. The molecule has 0 fully saturated rings. The molecule has 1 aromatic heterocycles. The maximum Gasteiger partial charge on any atom is 0.255 e. The molecule has 146 valence electrons. The van der Waals surface area contributed by atoms with E-state index in [1.807, 2.05) is 49.4 Å². The van der Waals surface area contributed by atoms with E-state index >= 15 is 0 Å². The van der Waals surface area contributed by atoms with Gasteiger partial charge in [0.1, 0.15) is 17.3 Å². The summed E-state index contributed by atoms with van der Waals surface area (Å²) in [4.78, 5) is 20.8. The van der Waals surface area contributed by atoms with Crippen molar-refractivity contribution in [2.75, 3.05) is 19.5 Å². The predicted octanol–water partition coefficient (Wildman–Crippen LogP) is 4.81. The molecule has 6 nitrogen and oxygen atoms in total. The first-order valence-electron chi connectivity index (χ1n) is 9.17. The molecule has 0 unspecified atom stereocenters. The van der Waals surface area contributed by atoms with Crippen molar-refractivity contribution >= 4 is 22.6 Å². The Labute approximate surface area is 168 Å². The Balaban J connectivity index is 1.65. The molecule has 0 spiro atoms. The Bertz CT molecular complexity index is 1140. The highest BCUT2D eigenvalue weighted by atomic mass is 16.5. The monoisotopic (exact) mass is 387 g/mol. The Morgan fingerprint density at radius 3 is 2.38 bits per heavy atom. The van der Waals surface area contributed by atoms with E-state index in [-0.39, 0.29) is 5.91 Å². The van der Waals surface area contributed by atoms with Crippen LogP contribution in [0.25, 0.3) is 22.4 Å². The Hall–Kier alpha value is -3.80. The molecule has 3 aromatic carbocycles. The number of fused-ring (bicyclic) bond motifs is 1. The zero-order chi connectivity index (χ0) is 20.4. The van der Waals surface area contributed by atoms with Crippen molar-refractivity contribution in [1.82, 2.24) is 9.97 Å². The van der Waals surface area contributed by atoms with E-state index in [1.54, 1.807) is 32.4 Å². The molecule has 6 heteroatoms. The van der Waals surface area contributed by atoms with Crippen LogP contribution >= 0.6 is 0 Å². The first-order valence-corrected chi connectivity index (χ1v) is 9.17. The zero-order valence-electron chi connectivity index (χ0n) is 16.4. The van der Waals surface area contributed by atoms with E-state index in [4.69, 9.17) is 9.47 Å². The zero-order valence-corrected chi connectivity index (χ0v) is 16.4. The minimum Gasteiger partial charge on any atom is -0.497 e. The molecule has 0 saturated carbocycles. The number of nitrogens with zero attached hydrogens (tertiary/aromatic N) is 1. The van der Waals surface area contributed by atoms with Crippen molar-refractivity contribution in [2.24, 2.45) is 0 Å². The van der Waals surface area contributed by atoms with Crippen molar-refractivity contribution in [3.05, 3.63) is 71.8 Å². The molecule has 1 heterocycles. The lowest BCUT2D eigenvalue weighted by Gasteiger charge is -2.11. The van der Waals surface area contributed by atoms with Crippen molar-refractivity contribution in [3.63, 3.8) is 0 Å². The summed E-state index contributed by atoms with van der Waals surface area (Å²) in [6.07, 6.45) is 0. The van der Waals surface area contributed by atoms with Gasteiger partial charge in [-0.1, -0.05) is 18.2 Å². The smallest absolute Gasteiger partial charge is 0.255 e. The number of aryl methyl sites for hydroxylation is 1. The number of aromatic amines is 1. The van der Waals surface area contributed by atoms with Gasteiger partial charge in [-0.05, 0) is 48.9 Å². The maximum absolute atomic E-state index is 12.8. The fraction of sp³-hybridized carbons (Fsp3) is 0.130. The molecule has 4 rings (SSSR count). The number of anilines is 1. The Morgan fingerprint density at radius 1 is 0.966 bits per heavy atom. The van der Waals surface area contributed by atoms with E-state index < -0.39 is 0 Å². The fourth-order valence-electron chi connectivity index (χ4n) is 3.18. The van der Waals surface area contributed by atoms with E-state index in [0.717, 1.165) is 28.0 Å². The van der Waals surface area contributed by atoms with E-state index in [0.29, 0.717) is 22.7 Å². The van der Waals surface area contributed by atoms with Gasteiger partial charge in [0.25, 0.3) is 5.91 Å². The summed E-state index contributed by atoms with van der Waals surface area (Å²) in [6, 6.07) is 18.7. The third kappa shape index (κ3) is 3.78. The van der Waals surface area contributed by atoms with E-state index in [2.05, 4.69) is 15.3 Å². The Morgan fingerprint density at radius 2 is 1.69 bits per heavy atom. The first-order chi connectivity index (χ1) is 14.1. The lowest BCUT2D eigenvalue weighted by Crippen LogP contribution is -2.12. The van der Waals surface area contributed by atoms with Gasteiger partial charge in [0.05, 0.1) is 25.3 Å². The number of hydrogen-bond acceptors (Lipinski definition) is 4. The molecule has 0 saturated heterocycles. The summed E-state index contributed by atoms with van der Waals surface area (Å²) >= 11 is 0. The molecular weight excluding hydrogens is 366 g/mol. The van der Waals surface area contributed by atoms with Crippen LogP contribution in [-0.2, 0) is 0 Å². The molecular formula is C23H21N3O3. The Kier molecular flexibility index (Phi) is 4.91. The molecule has 4 aromatic rings. The van der Waals surface area contributed by atoms with Crippen molar-refractivity contribution in [2.45, 2.75) is 6.92 Å². The van der Waals surface area contributed by atoms with Gasteiger partial charge in [-0.2, -0.15) is 0 Å². The normalized spacial score (nSPS) is 10.7. The van der Waals surface area contributed by atoms with Crippen molar-refractivity contribution in [3.8, 4) is 22.9 Å². The van der Waals surface area contributed by atoms with Crippen LogP contribution in [0.15, 0.2) is 60.7 Å². The number of imidazole rings is 1. The molecule has 0 aliphatic heterocycles. The largest absolute Gasteiger partial charge is 0.497 e. The van der Waals surface area contributed by atoms with Gasteiger partial charge in [0.15, 0.2) is 0 Å². The predicted molar refractivity (Wildman–Crippen MR) is 114 cm³/mol. The summed E-state index contributed by atoms with van der Waals surface area (Å²) in [7, 11) is 3.10. The second-order valence-electron chi connectivity index (χ2n) is 6.69. The summed E-state index contributed by atoms with van der Waals surface area (Å²) in [5.74, 6) is 1.63. The van der Waals surface area contributed by atoms with E-state index in [1.165, 1.54) is 0 Å². The van der Waals surface area contributed by atoms with Gasteiger partial charge >= 0.3 is 0 Å². The van der Waals surface area contributed by atoms with E-state index in [9.17, 15) is 4.79 Å². The number of carbonyl (C=O) groups is 1. The van der Waals surface area contributed by atoms with Crippen LogP contribution in [0, 0.1) is 6.92 Å². The molecule has 0 radical (unpaired) electrons. The van der Waals surface area contributed by atoms with Crippen LogP contribution in [0.1, 0.15) is 15.9 Å². The molecule has 0 aliphatic carbocycles. The van der Waals surface area contributed by atoms with Crippen LogP contribution in [0.3, 0.4) is 0 Å². The quantitative estimate of drug-likeness (QED) is 0.515. The number of rotatable bonds is 5. The number of hydrogen-bond donors (Lipinski definition) is 2. The number of methoxy groups -OCH3 is 2. The highest BCUT2D eigenvalue weighted by Crippen LogP contribution is 2.28. The summed E-state index contributed by atoms with van der Waals surface area (Å²) in [5.41, 5.74) is 5.00. The number of nitrogens with one attached hydrogen (secondary N) is 2. The highest BCUT2D eigenvalue weighted by molar-refractivity contribution is 6.05. The number of para-hydroxylation sites is 2. The topological polar surface area (TPSA) is 76.2 Å². The third-order valence-electron chi connectivity index (χ3n) is 4.75. The summed E-state index contributed by atoms with van der Waals surface area (Å²) < 4.78 is 10.5. The first kappa shape index (κ1) is 18.6. The standard InChI is InChI=1S/C23H21N3O3/c1-14-8-9-16(12-19(14)22-25-20-6-4-5-7-21(20)26-22)24-23(27)15-10-17(28-2)13-18(11-15)29-3/h4-13H,1-3H3,(H,24,27)(H,25,26). The lowest BCUT2D eigenvalue weighted by molar-refractivity contribution is 0.102. The van der Waals surface area contributed by atoms with Crippen molar-refractivity contribution in [1.29, 1.82) is 0 Å². The average molecular weight is 387 g/mol. The molecule has 0 aliphatic rings. The van der Waals surface area contributed by atoms with Gasteiger partial charge < -0.3 is 19.8 Å². The van der Waals surface area contributed by atoms with Crippen molar-refractivity contribution < 1.29 is 14.3 Å². The van der Waals surface area contributed by atoms with Gasteiger partial charge in [-0.25, -0.2) is 4.98 Å². The minimum atomic E-state index is -0.249. The number of ether oxygens (including phenoxy) is 2. The van der Waals surface area contributed by atoms with Gasteiger partial charge in [-0.3, -0.25) is 4.79 Å². The van der Waals surface area contributed by atoms with Crippen LogP contribution < -0.4 is 14.8 Å². The second-order valence-corrected chi connectivity index (χ2v) is 6.69. The minimum absolute atomic E-state index is 0.249. The van der Waals surface area contributed by atoms with Crippen LogP contribution in [0.5, 0.6) is 11.5 Å². The molecule has 0 bridgehead atoms. The number of benzene rings is 3. The molecule has 0 atom stereocenters. The fourth-order valence-corrected chi connectivity index (χ4v) is 3.18. The van der Waals surface area contributed by atoms with Gasteiger partial charge in [-0.15, -0.1) is 0 Å². The summed E-state index contributed by atoms with van der Waals surface area (Å²) in [5, 5.41) is 2.94. The van der Waals surface area contributed by atoms with Crippen LogP contribution in [0.4, 0.5) is 5.69 Å².